The summed E-state index contributed by atoms with van der Waals surface area (Å²) in [5, 5.41) is 0. The average Bonchev–Trinajstić information content (AvgIpc) is 2.96. The third kappa shape index (κ3) is 3.55. The summed E-state index contributed by atoms with van der Waals surface area (Å²) in [5.74, 6) is 0. The van der Waals surface area contributed by atoms with Crippen molar-refractivity contribution >= 4 is 11.3 Å². The minimum Gasteiger partial charge on any atom is -0.398 e. The largest absolute Gasteiger partial charge is 0.398 e. The van der Waals surface area contributed by atoms with Crippen molar-refractivity contribution in [3.05, 3.63) is 78.7 Å². The Kier molecular flexibility index (Phi) is 5.24. The van der Waals surface area contributed by atoms with E-state index in [1.54, 1.807) is 0 Å². The first-order valence-corrected chi connectivity index (χ1v) is 8.81. The van der Waals surface area contributed by atoms with Crippen LogP contribution >= 0.6 is 0 Å². The first-order chi connectivity index (χ1) is 12.5. The van der Waals surface area contributed by atoms with Gasteiger partial charge in [0.2, 0.25) is 0 Å². The standard InChI is InChI=1S/C22H26N4/c1-5-11-25(12-6-2)15-20-22(18-8-7-16(3)17(4)13-18)24-21-10-9-19(23)14-26(20)21/h5-10,13-14H,1-2,11-12,15,23H2,3-4H3. The molecule has 0 amide bonds. The van der Waals surface area contributed by atoms with E-state index in [0.29, 0.717) is 0 Å². The lowest BCUT2D eigenvalue weighted by molar-refractivity contribution is 0.323. The molecule has 3 aromatic rings. The molecular formula is C22H26N4. The molecule has 1 aromatic carbocycles. The number of hydrogen-bond acceptors (Lipinski definition) is 3. The Morgan fingerprint density at radius 1 is 1.08 bits per heavy atom. The summed E-state index contributed by atoms with van der Waals surface area (Å²) in [6, 6.07) is 10.4. The number of benzene rings is 1. The third-order valence-corrected chi connectivity index (χ3v) is 4.67. The van der Waals surface area contributed by atoms with E-state index in [9.17, 15) is 0 Å². The number of aryl methyl sites for hydroxylation is 2. The molecule has 2 aromatic heterocycles. The van der Waals surface area contributed by atoms with Crippen LogP contribution in [0.2, 0.25) is 0 Å². The van der Waals surface area contributed by atoms with Gasteiger partial charge < -0.3 is 10.1 Å². The predicted octanol–water partition coefficient (Wildman–Crippen LogP) is 4.37. The molecule has 0 saturated heterocycles. The van der Waals surface area contributed by atoms with E-state index < -0.39 is 0 Å². The quantitative estimate of drug-likeness (QED) is 0.646. The lowest BCUT2D eigenvalue weighted by Crippen LogP contribution is -2.24. The highest BCUT2D eigenvalue weighted by molar-refractivity contribution is 5.68. The molecule has 0 aliphatic heterocycles. The smallest absolute Gasteiger partial charge is 0.137 e. The molecule has 0 atom stereocenters. The van der Waals surface area contributed by atoms with Gasteiger partial charge >= 0.3 is 0 Å². The second-order valence-corrected chi connectivity index (χ2v) is 6.67. The molecule has 0 saturated carbocycles. The van der Waals surface area contributed by atoms with Gasteiger partial charge in [0, 0.05) is 37.1 Å². The van der Waals surface area contributed by atoms with Crippen molar-refractivity contribution in [2.75, 3.05) is 18.8 Å². The van der Waals surface area contributed by atoms with Gasteiger partial charge in [-0.25, -0.2) is 4.98 Å². The number of rotatable bonds is 7. The zero-order chi connectivity index (χ0) is 18.7. The van der Waals surface area contributed by atoms with Crippen molar-refractivity contribution in [2.45, 2.75) is 20.4 Å². The Labute approximate surface area is 155 Å². The first kappa shape index (κ1) is 18.0. The molecule has 0 bridgehead atoms. The Balaban J connectivity index is 2.16. The van der Waals surface area contributed by atoms with Crippen LogP contribution in [0.15, 0.2) is 61.8 Å². The summed E-state index contributed by atoms with van der Waals surface area (Å²) in [5.41, 5.74) is 13.5. The number of anilines is 1. The van der Waals surface area contributed by atoms with Crippen LogP contribution < -0.4 is 5.73 Å². The van der Waals surface area contributed by atoms with Gasteiger partial charge in [-0.2, -0.15) is 0 Å². The van der Waals surface area contributed by atoms with Crippen LogP contribution in [0.25, 0.3) is 16.9 Å². The number of nitrogens with two attached hydrogens (primary N) is 1. The van der Waals surface area contributed by atoms with E-state index in [1.165, 1.54) is 11.1 Å². The fourth-order valence-electron chi connectivity index (χ4n) is 3.16. The van der Waals surface area contributed by atoms with Crippen LogP contribution in [0.5, 0.6) is 0 Å². The third-order valence-electron chi connectivity index (χ3n) is 4.67. The fourth-order valence-corrected chi connectivity index (χ4v) is 3.16. The maximum Gasteiger partial charge on any atom is 0.137 e. The average molecular weight is 346 g/mol. The fraction of sp³-hybridized carbons (Fsp3) is 0.227. The Bertz CT molecular complexity index is 942. The van der Waals surface area contributed by atoms with Crippen LogP contribution in [0.4, 0.5) is 5.69 Å². The van der Waals surface area contributed by atoms with Crippen LogP contribution in [0.1, 0.15) is 16.8 Å². The van der Waals surface area contributed by atoms with Gasteiger partial charge in [0.05, 0.1) is 11.4 Å². The molecule has 2 heterocycles. The summed E-state index contributed by atoms with van der Waals surface area (Å²) >= 11 is 0. The number of hydrogen-bond donors (Lipinski definition) is 1. The van der Waals surface area contributed by atoms with Gasteiger partial charge in [-0.1, -0.05) is 24.3 Å². The lowest BCUT2D eigenvalue weighted by atomic mass is 10.0. The Hall–Kier alpha value is -2.85. The monoisotopic (exact) mass is 346 g/mol. The van der Waals surface area contributed by atoms with Crippen LogP contribution in [-0.4, -0.2) is 27.4 Å². The van der Waals surface area contributed by atoms with Gasteiger partial charge in [0.15, 0.2) is 0 Å². The van der Waals surface area contributed by atoms with E-state index in [4.69, 9.17) is 10.7 Å². The molecule has 0 unspecified atom stereocenters. The van der Waals surface area contributed by atoms with Gasteiger partial charge in [-0.15, -0.1) is 13.2 Å². The highest BCUT2D eigenvalue weighted by Gasteiger charge is 2.17. The highest BCUT2D eigenvalue weighted by Crippen LogP contribution is 2.28. The molecule has 0 spiro atoms. The highest BCUT2D eigenvalue weighted by atomic mass is 15.1. The molecule has 0 fully saturated rings. The molecule has 0 aliphatic carbocycles. The molecule has 26 heavy (non-hydrogen) atoms. The van der Waals surface area contributed by atoms with E-state index >= 15 is 0 Å². The van der Waals surface area contributed by atoms with Crippen molar-refractivity contribution in [1.82, 2.24) is 14.3 Å². The molecular weight excluding hydrogens is 320 g/mol. The van der Waals surface area contributed by atoms with Crippen LogP contribution in [0.3, 0.4) is 0 Å². The zero-order valence-electron chi connectivity index (χ0n) is 15.6. The number of fused-ring (bicyclic) bond motifs is 1. The number of aromatic nitrogens is 2. The Morgan fingerprint density at radius 3 is 2.46 bits per heavy atom. The molecule has 134 valence electrons. The van der Waals surface area contributed by atoms with Gasteiger partial charge in [0.1, 0.15) is 5.65 Å². The van der Waals surface area contributed by atoms with Crippen molar-refractivity contribution in [3.8, 4) is 11.3 Å². The lowest BCUT2D eigenvalue weighted by Gasteiger charge is -2.19. The van der Waals surface area contributed by atoms with Crippen LogP contribution in [-0.2, 0) is 6.54 Å². The SMILES string of the molecule is C=CCN(CC=C)Cc1c(-c2ccc(C)c(C)c2)nc2ccc(N)cn12. The van der Waals surface area contributed by atoms with Crippen molar-refractivity contribution in [1.29, 1.82) is 0 Å². The summed E-state index contributed by atoms with van der Waals surface area (Å²) < 4.78 is 2.10. The maximum atomic E-state index is 6.04. The van der Waals surface area contributed by atoms with Crippen molar-refractivity contribution < 1.29 is 0 Å². The van der Waals surface area contributed by atoms with Gasteiger partial charge in [-0.05, 0) is 43.2 Å². The van der Waals surface area contributed by atoms with Gasteiger partial charge in [0.25, 0.3) is 0 Å². The number of imidazole rings is 1. The van der Waals surface area contributed by atoms with E-state index in [0.717, 1.165) is 47.9 Å². The number of nitrogens with zero attached hydrogens (tertiary/aromatic N) is 3. The predicted molar refractivity (Wildman–Crippen MR) is 110 cm³/mol. The molecule has 3 rings (SSSR count). The topological polar surface area (TPSA) is 46.6 Å². The normalized spacial score (nSPS) is 11.2. The minimum absolute atomic E-state index is 0.724. The van der Waals surface area contributed by atoms with E-state index in [-0.39, 0.29) is 0 Å². The summed E-state index contributed by atoms with van der Waals surface area (Å²) in [6.07, 6.45) is 5.77. The van der Waals surface area contributed by atoms with Crippen molar-refractivity contribution in [3.63, 3.8) is 0 Å². The molecule has 4 heteroatoms. The number of pyridine rings is 1. The summed E-state index contributed by atoms with van der Waals surface area (Å²) in [7, 11) is 0. The molecule has 0 aliphatic rings. The zero-order valence-corrected chi connectivity index (χ0v) is 15.6. The van der Waals surface area contributed by atoms with Crippen molar-refractivity contribution in [2.24, 2.45) is 0 Å². The molecule has 2 N–H and O–H groups in total. The molecule has 4 nitrogen and oxygen atoms in total. The second kappa shape index (κ2) is 7.58. The first-order valence-electron chi connectivity index (χ1n) is 8.81. The molecule has 0 radical (unpaired) electrons. The van der Waals surface area contributed by atoms with E-state index in [2.05, 4.69) is 54.5 Å². The second-order valence-electron chi connectivity index (χ2n) is 6.67. The maximum absolute atomic E-state index is 6.04. The van der Waals surface area contributed by atoms with Crippen LogP contribution in [0, 0.1) is 13.8 Å². The van der Waals surface area contributed by atoms with Gasteiger partial charge in [-0.3, -0.25) is 4.90 Å². The summed E-state index contributed by atoms with van der Waals surface area (Å²) in [6.45, 7) is 14.3. The number of nitrogen functional groups attached to an aromatic ring is 1. The Morgan fingerprint density at radius 2 is 1.81 bits per heavy atom. The van der Waals surface area contributed by atoms with E-state index in [1.807, 2.05) is 30.5 Å². The summed E-state index contributed by atoms with van der Waals surface area (Å²) in [4.78, 5) is 7.17. The minimum atomic E-state index is 0.724.